The van der Waals surface area contributed by atoms with Crippen LogP contribution < -0.4 is 5.73 Å². The third-order valence-electron chi connectivity index (χ3n) is 5.96. The second kappa shape index (κ2) is 6.68. The fraction of sp³-hybridized carbons (Fsp3) is 0.667. The third-order valence-corrected chi connectivity index (χ3v) is 6.31. The molecule has 0 amide bonds. The van der Waals surface area contributed by atoms with Crippen LogP contribution in [0.4, 0.5) is 0 Å². The molecule has 1 aromatic rings. The van der Waals surface area contributed by atoms with Gasteiger partial charge in [-0.25, -0.2) is 0 Å². The van der Waals surface area contributed by atoms with Crippen LogP contribution in [0.25, 0.3) is 0 Å². The van der Waals surface area contributed by atoms with Gasteiger partial charge in [-0.15, -0.1) is 0 Å². The maximum absolute atomic E-state index is 6.40. The highest BCUT2D eigenvalue weighted by Gasteiger charge is 2.45. The largest absolute Gasteiger partial charge is 0.329 e. The van der Waals surface area contributed by atoms with E-state index in [1.807, 2.05) is 12.1 Å². The molecule has 0 saturated heterocycles. The molecule has 1 aliphatic rings. The van der Waals surface area contributed by atoms with Crippen LogP contribution in [0, 0.1) is 11.8 Å². The van der Waals surface area contributed by atoms with Gasteiger partial charge in [-0.2, -0.15) is 0 Å². The molecule has 1 fully saturated rings. The summed E-state index contributed by atoms with van der Waals surface area (Å²) in [5, 5.41) is 0.848. The fourth-order valence-corrected chi connectivity index (χ4v) is 4.37. The average molecular weight is 309 g/mol. The molecule has 1 aromatic carbocycles. The molecule has 0 bridgehead atoms. The Hall–Kier alpha value is -0.570. The average Bonchev–Trinajstić information content (AvgIpc) is 2.49. The van der Waals surface area contributed by atoms with Crippen LogP contribution in [0.3, 0.4) is 0 Å². The molecule has 0 radical (unpaired) electrons. The zero-order valence-corrected chi connectivity index (χ0v) is 14.5. The molecule has 118 valence electrons. The monoisotopic (exact) mass is 308 g/mol. The minimum atomic E-state index is 0.0796. The highest BCUT2D eigenvalue weighted by molar-refractivity contribution is 6.31. The SMILES string of the molecule is CC1CCCC(CN)(N(C)C(C)c2ccccc2Cl)C1C. The molecule has 3 heteroatoms. The van der Waals surface area contributed by atoms with Crippen molar-refractivity contribution in [3.8, 4) is 0 Å². The lowest BCUT2D eigenvalue weighted by Gasteiger charge is -2.53. The van der Waals surface area contributed by atoms with Gasteiger partial charge in [-0.1, -0.05) is 56.5 Å². The standard InChI is InChI=1S/C18H29ClN2/c1-13-8-7-11-18(12-20,14(13)2)21(4)15(3)16-9-5-6-10-17(16)19/h5-6,9-10,13-15H,7-8,11-12,20H2,1-4H3. The Balaban J connectivity index is 2.31. The predicted molar refractivity (Wildman–Crippen MR) is 91.6 cm³/mol. The summed E-state index contributed by atoms with van der Waals surface area (Å²) in [6, 6.07) is 8.43. The maximum atomic E-state index is 6.40. The maximum Gasteiger partial charge on any atom is 0.0453 e. The molecule has 1 aliphatic carbocycles. The Kier molecular flexibility index (Phi) is 5.34. The van der Waals surface area contributed by atoms with E-state index in [1.54, 1.807) is 0 Å². The summed E-state index contributed by atoms with van der Waals surface area (Å²) in [5.74, 6) is 1.33. The highest BCUT2D eigenvalue weighted by atomic mass is 35.5. The van der Waals surface area contributed by atoms with Crippen LogP contribution in [0.1, 0.15) is 51.6 Å². The fourth-order valence-electron chi connectivity index (χ4n) is 4.08. The first-order valence-corrected chi connectivity index (χ1v) is 8.49. The number of hydrogen-bond donors (Lipinski definition) is 1. The first-order chi connectivity index (χ1) is 9.94. The second-order valence-electron chi connectivity index (χ2n) is 6.77. The van der Waals surface area contributed by atoms with Crippen molar-refractivity contribution in [2.24, 2.45) is 17.6 Å². The van der Waals surface area contributed by atoms with Crippen molar-refractivity contribution >= 4 is 11.6 Å². The number of halogens is 1. The Bertz CT molecular complexity index is 476. The summed E-state index contributed by atoms with van der Waals surface area (Å²) in [6.45, 7) is 7.68. The van der Waals surface area contributed by atoms with Gasteiger partial charge in [0.05, 0.1) is 0 Å². The van der Waals surface area contributed by atoms with Gasteiger partial charge in [0.1, 0.15) is 0 Å². The number of benzene rings is 1. The summed E-state index contributed by atoms with van der Waals surface area (Å²) in [6.07, 6.45) is 3.76. The van der Waals surface area contributed by atoms with E-state index in [-0.39, 0.29) is 11.6 Å². The smallest absolute Gasteiger partial charge is 0.0453 e. The Morgan fingerprint density at radius 2 is 2.05 bits per heavy atom. The Morgan fingerprint density at radius 1 is 1.38 bits per heavy atom. The minimum absolute atomic E-state index is 0.0796. The Labute approximate surface area is 134 Å². The molecule has 21 heavy (non-hydrogen) atoms. The molecule has 1 saturated carbocycles. The van der Waals surface area contributed by atoms with Crippen molar-refractivity contribution in [1.82, 2.24) is 4.90 Å². The van der Waals surface area contributed by atoms with Crippen molar-refractivity contribution in [2.45, 2.75) is 51.6 Å². The number of nitrogens with two attached hydrogens (primary N) is 1. The van der Waals surface area contributed by atoms with Gasteiger partial charge in [-0.05, 0) is 43.9 Å². The molecule has 2 N–H and O–H groups in total. The molecule has 2 nitrogen and oxygen atoms in total. The normalized spacial score (nSPS) is 31.4. The lowest BCUT2D eigenvalue weighted by Crippen LogP contribution is -2.60. The molecule has 2 rings (SSSR count). The van der Waals surface area contributed by atoms with Gasteiger partial charge in [0.25, 0.3) is 0 Å². The predicted octanol–water partition coefficient (Wildman–Crippen LogP) is 4.49. The van der Waals surface area contributed by atoms with Crippen LogP contribution in [0.5, 0.6) is 0 Å². The minimum Gasteiger partial charge on any atom is -0.329 e. The summed E-state index contributed by atoms with van der Waals surface area (Å²) in [4.78, 5) is 2.48. The highest BCUT2D eigenvalue weighted by Crippen LogP contribution is 2.44. The molecular weight excluding hydrogens is 280 g/mol. The van der Waals surface area contributed by atoms with E-state index < -0.39 is 0 Å². The molecule has 4 atom stereocenters. The van der Waals surface area contributed by atoms with Crippen LogP contribution in [0.2, 0.25) is 5.02 Å². The topological polar surface area (TPSA) is 29.3 Å². The number of nitrogens with zero attached hydrogens (tertiary/aromatic N) is 1. The molecule has 4 unspecified atom stereocenters. The second-order valence-corrected chi connectivity index (χ2v) is 7.18. The zero-order valence-electron chi connectivity index (χ0n) is 13.8. The summed E-state index contributed by atoms with van der Waals surface area (Å²) in [7, 11) is 2.22. The van der Waals surface area contributed by atoms with Gasteiger partial charge in [0, 0.05) is 23.1 Å². The van der Waals surface area contributed by atoms with Crippen LogP contribution >= 0.6 is 11.6 Å². The summed E-state index contributed by atoms with van der Waals surface area (Å²) in [5.41, 5.74) is 7.55. The molecule has 0 spiro atoms. The first kappa shape index (κ1) is 16.8. The van der Waals surface area contributed by atoms with Gasteiger partial charge < -0.3 is 5.73 Å². The van der Waals surface area contributed by atoms with Crippen molar-refractivity contribution in [1.29, 1.82) is 0 Å². The number of hydrogen-bond acceptors (Lipinski definition) is 2. The van der Waals surface area contributed by atoms with E-state index in [0.29, 0.717) is 12.5 Å². The van der Waals surface area contributed by atoms with E-state index in [0.717, 1.165) is 10.9 Å². The number of rotatable bonds is 4. The van der Waals surface area contributed by atoms with E-state index in [1.165, 1.54) is 24.8 Å². The summed E-state index contributed by atoms with van der Waals surface area (Å²) >= 11 is 6.40. The van der Waals surface area contributed by atoms with E-state index >= 15 is 0 Å². The van der Waals surface area contributed by atoms with Crippen molar-refractivity contribution < 1.29 is 0 Å². The van der Waals surface area contributed by atoms with Gasteiger partial charge in [0.15, 0.2) is 0 Å². The van der Waals surface area contributed by atoms with E-state index in [2.05, 4.69) is 44.9 Å². The summed E-state index contributed by atoms with van der Waals surface area (Å²) < 4.78 is 0. The van der Waals surface area contributed by atoms with Crippen LogP contribution in [0.15, 0.2) is 24.3 Å². The third kappa shape index (κ3) is 2.99. The van der Waals surface area contributed by atoms with Gasteiger partial charge in [-0.3, -0.25) is 4.90 Å². The first-order valence-electron chi connectivity index (χ1n) is 8.11. The van der Waals surface area contributed by atoms with Crippen molar-refractivity contribution in [3.05, 3.63) is 34.9 Å². The molecule has 0 aromatic heterocycles. The van der Waals surface area contributed by atoms with Crippen molar-refractivity contribution in [3.63, 3.8) is 0 Å². The molecule has 0 heterocycles. The van der Waals surface area contributed by atoms with Gasteiger partial charge >= 0.3 is 0 Å². The zero-order chi connectivity index (χ0) is 15.6. The number of likely N-dealkylation sites (N-methyl/N-ethyl adjacent to an activating group) is 1. The lowest BCUT2D eigenvalue weighted by molar-refractivity contribution is -0.0166. The quantitative estimate of drug-likeness (QED) is 0.888. The van der Waals surface area contributed by atoms with Gasteiger partial charge in [0.2, 0.25) is 0 Å². The van der Waals surface area contributed by atoms with E-state index in [9.17, 15) is 0 Å². The molecule has 0 aliphatic heterocycles. The van der Waals surface area contributed by atoms with Crippen LogP contribution in [-0.2, 0) is 0 Å². The van der Waals surface area contributed by atoms with E-state index in [4.69, 9.17) is 17.3 Å². The van der Waals surface area contributed by atoms with Crippen LogP contribution in [-0.4, -0.2) is 24.0 Å². The van der Waals surface area contributed by atoms with Crippen molar-refractivity contribution in [2.75, 3.05) is 13.6 Å². The lowest BCUT2D eigenvalue weighted by atomic mass is 9.67. The molecular formula is C18H29ClN2. The Morgan fingerprint density at radius 3 is 2.67 bits per heavy atom.